The lowest BCUT2D eigenvalue weighted by Crippen LogP contribution is -2.56. The zero-order valence-electron chi connectivity index (χ0n) is 18.0. The Bertz CT molecular complexity index is 1070. The second-order valence-corrected chi connectivity index (χ2v) is 7.93. The number of para-hydroxylation sites is 1. The number of nitrogens with zero attached hydrogens (tertiary/aromatic N) is 2. The van der Waals surface area contributed by atoms with Gasteiger partial charge in [-0.25, -0.2) is 4.79 Å². The number of carbonyl (C=O) groups is 3. The molecule has 3 aromatic rings. The molecule has 1 unspecified atom stereocenters. The molecule has 1 atom stereocenters. The van der Waals surface area contributed by atoms with E-state index in [0.717, 1.165) is 16.5 Å². The quantitative estimate of drug-likeness (QED) is 0.575. The highest BCUT2D eigenvalue weighted by molar-refractivity contribution is 5.98. The van der Waals surface area contributed by atoms with Crippen LogP contribution >= 0.6 is 0 Å². The number of imide groups is 1. The van der Waals surface area contributed by atoms with Gasteiger partial charge in [-0.3, -0.25) is 19.8 Å². The molecule has 1 aliphatic heterocycles. The van der Waals surface area contributed by atoms with Crippen molar-refractivity contribution in [2.75, 3.05) is 26.2 Å². The van der Waals surface area contributed by atoms with E-state index in [0.29, 0.717) is 38.4 Å². The van der Waals surface area contributed by atoms with Crippen molar-refractivity contribution in [2.45, 2.75) is 19.5 Å². The van der Waals surface area contributed by atoms with Crippen LogP contribution in [0.2, 0.25) is 0 Å². The molecule has 0 spiro atoms. The summed E-state index contributed by atoms with van der Waals surface area (Å²) in [6.07, 6.45) is 0. The predicted octanol–water partition coefficient (Wildman–Crippen LogP) is 2.34. The van der Waals surface area contributed by atoms with Crippen molar-refractivity contribution >= 4 is 28.7 Å². The summed E-state index contributed by atoms with van der Waals surface area (Å²) in [6.45, 7) is 4.29. The summed E-state index contributed by atoms with van der Waals surface area (Å²) in [5.74, 6) is -0.399. The zero-order chi connectivity index (χ0) is 22.5. The summed E-state index contributed by atoms with van der Waals surface area (Å²) in [7, 11) is 0. The summed E-state index contributed by atoms with van der Waals surface area (Å²) in [4.78, 5) is 44.4. The molecular formula is C24H27N5O3. The van der Waals surface area contributed by atoms with Gasteiger partial charge in [0.1, 0.15) is 5.69 Å². The maximum atomic E-state index is 12.9. The normalized spacial score (nSPS) is 15.3. The van der Waals surface area contributed by atoms with E-state index in [1.54, 1.807) is 11.8 Å². The number of fused-ring (bicyclic) bond motifs is 1. The van der Waals surface area contributed by atoms with Crippen LogP contribution in [0, 0.1) is 0 Å². The molecule has 166 valence electrons. The van der Waals surface area contributed by atoms with Crippen LogP contribution in [-0.2, 0) is 11.3 Å². The van der Waals surface area contributed by atoms with E-state index >= 15 is 0 Å². The molecule has 0 radical (unpaired) electrons. The van der Waals surface area contributed by atoms with Crippen LogP contribution < -0.4 is 10.6 Å². The Morgan fingerprint density at radius 2 is 1.66 bits per heavy atom. The maximum Gasteiger partial charge on any atom is 0.321 e. The van der Waals surface area contributed by atoms with Crippen molar-refractivity contribution in [3.63, 3.8) is 0 Å². The number of H-pyrrole nitrogens is 1. The fourth-order valence-electron chi connectivity index (χ4n) is 3.88. The molecule has 0 saturated carbocycles. The highest BCUT2D eigenvalue weighted by atomic mass is 16.2. The number of urea groups is 1. The van der Waals surface area contributed by atoms with Crippen molar-refractivity contribution in [1.29, 1.82) is 0 Å². The van der Waals surface area contributed by atoms with Gasteiger partial charge in [0, 0.05) is 43.6 Å². The van der Waals surface area contributed by atoms with Crippen molar-refractivity contribution in [2.24, 2.45) is 0 Å². The molecule has 4 amide bonds. The van der Waals surface area contributed by atoms with Gasteiger partial charge in [-0.05, 0) is 24.6 Å². The number of benzene rings is 2. The molecule has 1 aliphatic rings. The first-order valence-electron chi connectivity index (χ1n) is 10.7. The minimum absolute atomic E-state index is 0.0433. The molecule has 2 heterocycles. The second-order valence-electron chi connectivity index (χ2n) is 7.93. The minimum Gasteiger partial charge on any atom is -0.351 e. The number of aromatic amines is 1. The molecule has 0 bridgehead atoms. The van der Waals surface area contributed by atoms with E-state index in [9.17, 15) is 14.4 Å². The fraction of sp³-hybridized carbons (Fsp3) is 0.292. The van der Waals surface area contributed by atoms with E-state index in [1.165, 1.54) is 0 Å². The van der Waals surface area contributed by atoms with Crippen LogP contribution in [0.3, 0.4) is 0 Å². The summed E-state index contributed by atoms with van der Waals surface area (Å²) in [5, 5.41) is 6.10. The number of piperazine rings is 1. The molecule has 1 saturated heterocycles. The van der Waals surface area contributed by atoms with Crippen LogP contribution in [-0.4, -0.2) is 64.9 Å². The van der Waals surface area contributed by atoms with E-state index < -0.39 is 12.1 Å². The third-order valence-electron chi connectivity index (χ3n) is 5.82. The largest absolute Gasteiger partial charge is 0.351 e. The molecule has 32 heavy (non-hydrogen) atoms. The number of hydrogen-bond donors (Lipinski definition) is 3. The van der Waals surface area contributed by atoms with E-state index in [4.69, 9.17) is 0 Å². The zero-order valence-corrected chi connectivity index (χ0v) is 18.0. The van der Waals surface area contributed by atoms with Gasteiger partial charge in [0.2, 0.25) is 5.91 Å². The number of hydrogen-bond acceptors (Lipinski definition) is 4. The molecule has 3 N–H and O–H groups in total. The highest BCUT2D eigenvalue weighted by Gasteiger charge is 2.29. The van der Waals surface area contributed by atoms with Crippen molar-refractivity contribution in [1.82, 2.24) is 25.4 Å². The maximum absolute atomic E-state index is 12.9. The number of nitrogens with one attached hydrogen (secondary N) is 3. The van der Waals surface area contributed by atoms with Crippen LogP contribution in [0.4, 0.5) is 4.79 Å². The Labute approximate surface area is 186 Å². The third kappa shape index (κ3) is 4.97. The molecule has 1 fully saturated rings. The summed E-state index contributed by atoms with van der Waals surface area (Å²) in [6, 6.07) is 18.2. The van der Waals surface area contributed by atoms with Crippen molar-refractivity contribution in [3.8, 4) is 0 Å². The SMILES string of the molecule is CC(C(=O)NC(=O)NCc1ccccc1)N1CCN(C(=O)c2cc3ccccc3[nH]2)CC1. The molecule has 8 nitrogen and oxygen atoms in total. The summed E-state index contributed by atoms with van der Waals surface area (Å²) in [5.41, 5.74) is 2.46. The van der Waals surface area contributed by atoms with Gasteiger partial charge in [0.05, 0.1) is 6.04 Å². The number of aromatic nitrogens is 1. The van der Waals surface area contributed by atoms with Gasteiger partial charge in [-0.1, -0.05) is 48.5 Å². The Morgan fingerprint density at radius 1 is 0.969 bits per heavy atom. The molecular weight excluding hydrogens is 406 g/mol. The Morgan fingerprint density at radius 3 is 2.38 bits per heavy atom. The topological polar surface area (TPSA) is 97.5 Å². The van der Waals surface area contributed by atoms with Gasteiger partial charge in [-0.15, -0.1) is 0 Å². The lowest BCUT2D eigenvalue weighted by atomic mass is 10.2. The second kappa shape index (κ2) is 9.65. The van der Waals surface area contributed by atoms with E-state index in [-0.39, 0.29) is 11.8 Å². The Hall–Kier alpha value is -3.65. The molecule has 0 aliphatic carbocycles. The minimum atomic E-state index is -0.515. The van der Waals surface area contributed by atoms with Crippen molar-refractivity contribution < 1.29 is 14.4 Å². The van der Waals surface area contributed by atoms with Crippen LogP contribution in [0.25, 0.3) is 10.9 Å². The fourth-order valence-corrected chi connectivity index (χ4v) is 3.88. The van der Waals surface area contributed by atoms with E-state index in [1.807, 2.05) is 65.6 Å². The average Bonchev–Trinajstić information content (AvgIpc) is 3.27. The molecule has 1 aromatic heterocycles. The van der Waals surface area contributed by atoms with Gasteiger partial charge in [0.15, 0.2) is 0 Å². The number of carbonyl (C=O) groups excluding carboxylic acids is 3. The first-order chi connectivity index (χ1) is 15.5. The van der Waals surface area contributed by atoms with Gasteiger partial charge in [0.25, 0.3) is 5.91 Å². The lowest BCUT2D eigenvalue weighted by Gasteiger charge is -2.37. The first kappa shape index (κ1) is 21.6. The monoisotopic (exact) mass is 433 g/mol. The summed E-state index contributed by atoms with van der Waals surface area (Å²) >= 11 is 0. The third-order valence-corrected chi connectivity index (χ3v) is 5.82. The standard InChI is InChI=1S/C24H27N5O3/c1-17(22(30)27-24(32)25-16-18-7-3-2-4-8-18)28-11-13-29(14-12-28)23(31)21-15-19-9-5-6-10-20(19)26-21/h2-10,15,17,26H,11-14,16H2,1H3,(H2,25,27,30,32). The van der Waals surface area contributed by atoms with E-state index in [2.05, 4.69) is 15.6 Å². The first-order valence-corrected chi connectivity index (χ1v) is 10.7. The lowest BCUT2D eigenvalue weighted by molar-refractivity contribution is -0.125. The Kier molecular flexibility index (Phi) is 6.51. The highest BCUT2D eigenvalue weighted by Crippen LogP contribution is 2.17. The average molecular weight is 434 g/mol. The van der Waals surface area contributed by atoms with Gasteiger partial charge < -0.3 is 15.2 Å². The molecule has 4 rings (SSSR count). The van der Waals surface area contributed by atoms with Crippen LogP contribution in [0.1, 0.15) is 23.0 Å². The molecule has 8 heteroatoms. The van der Waals surface area contributed by atoms with Gasteiger partial charge in [-0.2, -0.15) is 0 Å². The smallest absolute Gasteiger partial charge is 0.321 e. The number of amides is 4. The van der Waals surface area contributed by atoms with Crippen LogP contribution in [0.5, 0.6) is 0 Å². The Balaban J connectivity index is 1.25. The van der Waals surface area contributed by atoms with Gasteiger partial charge >= 0.3 is 6.03 Å². The molecule has 2 aromatic carbocycles. The van der Waals surface area contributed by atoms with Crippen LogP contribution in [0.15, 0.2) is 60.7 Å². The summed E-state index contributed by atoms with van der Waals surface area (Å²) < 4.78 is 0. The predicted molar refractivity (Wildman–Crippen MR) is 122 cm³/mol. The number of rotatable bonds is 5. The van der Waals surface area contributed by atoms with Crippen molar-refractivity contribution in [3.05, 3.63) is 71.9 Å².